The van der Waals surface area contributed by atoms with Gasteiger partial charge in [0.05, 0.1) is 46.3 Å². The first-order chi connectivity index (χ1) is 15.9. The van der Waals surface area contributed by atoms with Gasteiger partial charge in [-0.15, -0.1) is 11.3 Å². The van der Waals surface area contributed by atoms with Crippen molar-refractivity contribution in [2.75, 3.05) is 30.4 Å². The number of rotatable bonds is 9. The molecule has 0 saturated heterocycles. The van der Waals surface area contributed by atoms with Crippen molar-refractivity contribution in [1.82, 2.24) is 15.0 Å². The van der Waals surface area contributed by atoms with E-state index in [1.165, 1.54) is 0 Å². The van der Waals surface area contributed by atoms with E-state index in [1.807, 2.05) is 45.0 Å². The maximum absolute atomic E-state index is 10.5. The lowest BCUT2D eigenvalue weighted by molar-refractivity contribution is 0.00446. The summed E-state index contributed by atoms with van der Waals surface area (Å²) >= 11 is 1.55. The number of thiazole rings is 1. The van der Waals surface area contributed by atoms with Crippen molar-refractivity contribution < 1.29 is 20.1 Å². The minimum atomic E-state index is -1.02. The number of anilines is 2. The van der Waals surface area contributed by atoms with Crippen molar-refractivity contribution in [3.63, 3.8) is 0 Å². The van der Waals surface area contributed by atoms with Crippen LogP contribution in [0.25, 0.3) is 20.8 Å². The topological polar surface area (TPSA) is 133 Å². The minimum Gasteiger partial charge on any atom is -0.396 e. The van der Waals surface area contributed by atoms with E-state index in [-0.39, 0.29) is 12.7 Å². The van der Waals surface area contributed by atoms with E-state index in [9.17, 15) is 15.3 Å². The zero-order valence-corrected chi connectivity index (χ0v) is 19.8. The lowest BCUT2D eigenvalue weighted by Crippen LogP contribution is -2.35. The van der Waals surface area contributed by atoms with Gasteiger partial charge in [-0.3, -0.25) is 0 Å². The Labute approximate surface area is 196 Å². The van der Waals surface area contributed by atoms with Crippen molar-refractivity contribution >= 4 is 33.3 Å². The fourth-order valence-electron chi connectivity index (χ4n) is 4.07. The quantitative estimate of drug-likeness (QED) is 0.297. The van der Waals surface area contributed by atoms with Crippen LogP contribution in [0.15, 0.2) is 24.3 Å². The molecule has 178 valence electrons. The van der Waals surface area contributed by atoms with Crippen LogP contribution in [-0.4, -0.2) is 74.4 Å². The lowest BCUT2D eigenvalue weighted by atomic mass is 10.1. The zero-order valence-electron chi connectivity index (χ0n) is 19.0. The standard InChI is InChI=1S/C23H31N5O4S/c1-12(2)32-9-8-24-23-25-13(3)18(22-27-15-6-4-5-7-17(15)33-22)21(28-23)26-16-10-14(11-29)19(30)20(16)31/h4-7,12,14,16,19-20,29-31H,8-11H2,1-3H3,(H2,24,25,26,28)/t14-,16-,19-,20+/m1/s1. The molecule has 0 bridgehead atoms. The second kappa shape index (κ2) is 10.3. The number of aromatic nitrogens is 3. The van der Waals surface area contributed by atoms with Crippen LogP contribution in [0, 0.1) is 12.8 Å². The number of hydrogen-bond acceptors (Lipinski definition) is 10. The molecule has 9 nitrogen and oxygen atoms in total. The van der Waals surface area contributed by atoms with Gasteiger partial charge in [-0.05, 0) is 39.3 Å². The van der Waals surface area contributed by atoms with Gasteiger partial charge in [-0.25, -0.2) is 9.97 Å². The number of hydrogen-bond donors (Lipinski definition) is 5. The van der Waals surface area contributed by atoms with Crippen LogP contribution in [0.5, 0.6) is 0 Å². The maximum Gasteiger partial charge on any atom is 0.224 e. The summed E-state index contributed by atoms with van der Waals surface area (Å²) in [4.78, 5) is 14.1. The van der Waals surface area contributed by atoms with Crippen LogP contribution in [0.3, 0.4) is 0 Å². The highest BCUT2D eigenvalue weighted by Gasteiger charge is 2.41. The molecule has 0 spiro atoms. The number of para-hydroxylation sites is 1. The molecule has 4 atom stereocenters. The zero-order chi connectivity index (χ0) is 23.5. The summed E-state index contributed by atoms with van der Waals surface area (Å²) in [5.74, 6) is 0.583. The second-order valence-corrected chi connectivity index (χ2v) is 9.63. The third-order valence-electron chi connectivity index (χ3n) is 5.79. The molecule has 1 fully saturated rings. The highest BCUT2D eigenvalue weighted by atomic mass is 32.1. The summed E-state index contributed by atoms with van der Waals surface area (Å²) in [5.41, 5.74) is 2.40. The van der Waals surface area contributed by atoms with Gasteiger partial charge in [0, 0.05) is 19.1 Å². The number of fused-ring (bicyclic) bond motifs is 1. The van der Waals surface area contributed by atoms with Crippen LogP contribution in [0.4, 0.5) is 11.8 Å². The van der Waals surface area contributed by atoms with E-state index in [4.69, 9.17) is 14.7 Å². The van der Waals surface area contributed by atoms with Crippen LogP contribution < -0.4 is 10.6 Å². The Balaban J connectivity index is 1.67. The number of nitrogens with one attached hydrogen (secondary N) is 2. The third-order valence-corrected chi connectivity index (χ3v) is 6.85. The van der Waals surface area contributed by atoms with Gasteiger partial charge in [-0.1, -0.05) is 12.1 Å². The first-order valence-electron chi connectivity index (χ1n) is 11.2. The van der Waals surface area contributed by atoms with Gasteiger partial charge in [0.15, 0.2) is 0 Å². The summed E-state index contributed by atoms with van der Waals surface area (Å²) in [6, 6.07) is 7.45. The number of aliphatic hydroxyl groups excluding tert-OH is 3. The molecule has 1 aliphatic rings. The normalized spacial score (nSPS) is 22.9. The summed E-state index contributed by atoms with van der Waals surface area (Å²) in [5, 5.41) is 37.6. The Morgan fingerprint density at radius 3 is 2.64 bits per heavy atom. The number of nitrogens with zero attached hydrogens (tertiary/aromatic N) is 3. The Bertz CT molecular complexity index is 1060. The van der Waals surface area contributed by atoms with E-state index in [1.54, 1.807) is 11.3 Å². The van der Waals surface area contributed by atoms with Gasteiger partial charge < -0.3 is 30.7 Å². The van der Waals surface area contributed by atoms with Gasteiger partial charge in [-0.2, -0.15) is 4.98 Å². The summed E-state index contributed by atoms with van der Waals surface area (Å²) in [7, 11) is 0. The van der Waals surface area contributed by atoms with Crippen molar-refractivity contribution in [2.45, 2.75) is 51.5 Å². The van der Waals surface area contributed by atoms with Gasteiger partial charge in [0.25, 0.3) is 0 Å². The summed E-state index contributed by atoms with van der Waals surface area (Å²) in [6.07, 6.45) is -1.45. The van der Waals surface area contributed by atoms with E-state index in [2.05, 4.69) is 15.6 Å². The first kappa shape index (κ1) is 23.8. The molecule has 1 aliphatic carbocycles. The molecule has 0 amide bonds. The number of benzene rings is 1. The average Bonchev–Trinajstić information content (AvgIpc) is 3.32. The summed E-state index contributed by atoms with van der Waals surface area (Å²) < 4.78 is 6.64. The van der Waals surface area contributed by atoms with Crippen molar-refractivity contribution in [2.24, 2.45) is 5.92 Å². The van der Waals surface area contributed by atoms with Crippen molar-refractivity contribution in [3.8, 4) is 10.6 Å². The SMILES string of the molecule is Cc1nc(NCCOC(C)C)nc(N[C@@H]2C[C@H](CO)[C@@H](O)[C@H]2O)c1-c1nc2ccccc2s1. The van der Waals surface area contributed by atoms with Gasteiger partial charge >= 0.3 is 0 Å². The van der Waals surface area contributed by atoms with Gasteiger partial charge in [0.1, 0.15) is 16.9 Å². The Morgan fingerprint density at radius 1 is 1.15 bits per heavy atom. The molecule has 0 unspecified atom stereocenters. The summed E-state index contributed by atoms with van der Waals surface area (Å²) in [6.45, 7) is 6.75. The molecule has 33 heavy (non-hydrogen) atoms. The molecule has 1 saturated carbocycles. The minimum absolute atomic E-state index is 0.142. The van der Waals surface area contributed by atoms with Crippen LogP contribution in [-0.2, 0) is 4.74 Å². The lowest BCUT2D eigenvalue weighted by Gasteiger charge is -2.21. The molecule has 2 heterocycles. The Kier molecular flexibility index (Phi) is 7.40. The molecular weight excluding hydrogens is 442 g/mol. The van der Waals surface area contributed by atoms with Crippen molar-refractivity contribution in [3.05, 3.63) is 30.0 Å². The fourth-order valence-corrected chi connectivity index (χ4v) is 5.14. The molecule has 0 aliphatic heterocycles. The van der Waals surface area contributed by atoms with E-state index in [0.29, 0.717) is 31.3 Å². The molecule has 3 aromatic rings. The second-order valence-electron chi connectivity index (χ2n) is 8.60. The molecule has 10 heteroatoms. The van der Waals surface area contributed by atoms with E-state index < -0.39 is 24.2 Å². The smallest absolute Gasteiger partial charge is 0.224 e. The molecule has 2 aromatic heterocycles. The largest absolute Gasteiger partial charge is 0.396 e. The monoisotopic (exact) mass is 473 g/mol. The van der Waals surface area contributed by atoms with Crippen LogP contribution in [0.1, 0.15) is 26.0 Å². The Hall–Kier alpha value is -2.37. The highest BCUT2D eigenvalue weighted by Crippen LogP contribution is 2.38. The van der Waals surface area contributed by atoms with Crippen LogP contribution in [0.2, 0.25) is 0 Å². The van der Waals surface area contributed by atoms with E-state index >= 15 is 0 Å². The fraction of sp³-hybridized carbons (Fsp3) is 0.522. The molecule has 0 radical (unpaired) electrons. The third kappa shape index (κ3) is 5.25. The van der Waals surface area contributed by atoms with Gasteiger partial charge in [0.2, 0.25) is 5.95 Å². The predicted molar refractivity (Wildman–Crippen MR) is 130 cm³/mol. The average molecular weight is 474 g/mol. The molecule has 1 aromatic carbocycles. The predicted octanol–water partition coefficient (Wildman–Crippen LogP) is 2.41. The maximum atomic E-state index is 10.5. The first-order valence-corrected chi connectivity index (χ1v) is 12.0. The highest BCUT2D eigenvalue weighted by molar-refractivity contribution is 7.21. The van der Waals surface area contributed by atoms with Crippen molar-refractivity contribution in [1.29, 1.82) is 0 Å². The number of aryl methyl sites for hydroxylation is 1. The number of ether oxygens (including phenoxy) is 1. The molecular formula is C23H31N5O4S. The van der Waals surface area contributed by atoms with Crippen LogP contribution >= 0.6 is 11.3 Å². The number of aliphatic hydroxyl groups is 3. The Morgan fingerprint density at radius 2 is 1.94 bits per heavy atom. The molecule has 5 N–H and O–H groups in total. The van der Waals surface area contributed by atoms with E-state index in [0.717, 1.165) is 26.5 Å². The molecule has 4 rings (SSSR count).